The lowest BCUT2D eigenvalue weighted by molar-refractivity contribution is 0.439. The van der Waals surface area contributed by atoms with Crippen molar-refractivity contribution in [1.82, 2.24) is 4.98 Å². The molecule has 4 aliphatic rings. The number of rotatable bonds is 5. The number of hydrazone groups is 1. The first kappa shape index (κ1) is 28.1. The van der Waals surface area contributed by atoms with Gasteiger partial charge < -0.3 is 4.98 Å². The molecule has 1 atom stereocenters. The number of nitrogens with one attached hydrogen (secondary N) is 1. The van der Waals surface area contributed by atoms with Crippen LogP contribution in [0.3, 0.4) is 0 Å². The van der Waals surface area contributed by atoms with Gasteiger partial charge in [-0.15, -0.1) is 13.2 Å². The average Bonchev–Trinajstić information content (AvgIpc) is 3.35. The van der Waals surface area contributed by atoms with Crippen LogP contribution in [0, 0.1) is 5.92 Å². The monoisotopic (exact) mass is 497 g/mol. The molecule has 1 saturated carbocycles. The minimum absolute atomic E-state index is 0.168. The van der Waals surface area contributed by atoms with Crippen molar-refractivity contribution >= 4 is 24.0 Å². The number of hydrogen-bond acceptors (Lipinski definition) is 4. The smallest absolute Gasteiger partial charge is 0.160 e. The maximum Gasteiger partial charge on any atom is 0.160 e. The molecule has 4 heterocycles. The summed E-state index contributed by atoms with van der Waals surface area (Å²) in [6, 6.07) is 2.33. The van der Waals surface area contributed by atoms with Gasteiger partial charge in [-0.1, -0.05) is 70.1 Å². The van der Waals surface area contributed by atoms with Crippen LogP contribution < -0.4 is 5.01 Å². The Kier molecular flexibility index (Phi) is 10.9. The van der Waals surface area contributed by atoms with E-state index in [-0.39, 0.29) is 6.04 Å². The van der Waals surface area contributed by atoms with E-state index in [2.05, 4.69) is 62.2 Å². The lowest BCUT2D eigenvalue weighted by Crippen LogP contribution is -2.31. The summed E-state index contributed by atoms with van der Waals surface area (Å²) >= 11 is 0. The van der Waals surface area contributed by atoms with Crippen LogP contribution in [0.25, 0.3) is 0 Å². The highest BCUT2D eigenvalue weighted by Crippen LogP contribution is 2.39. The summed E-state index contributed by atoms with van der Waals surface area (Å²) in [7, 11) is 0. The maximum absolute atomic E-state index is 5.29. The van der Waals surface area contributed by atoms with Gasteiger partial charge >= 0.3 is 0 Å². The van der Waals surface area contributed by atoms with Gasteiger partial charge in [0.25, 0.3) is 0 Å². The first-order chi connectivity index (χ1) is 18.3. The van der Waals surface area contributed by atoms with E-state index in [0.29, 0.717) is 5.92 Å². The van der Waals surface area contributed by atoms with E-state index in [1.54, 1.807) is 0 Å². The molecule has 1 aromatic rings. The molecule has 0 amide bonds. The van der Waals surface area contributed by atoms with Crippen LogP contribution in [0.5, 0.6) is 0 Å². The normalized spacial score (nSPS) is 21.5. The summed E-state index contributed by atoms with van der Waals surface area (Å²) in [6.45, 7) is 15.9. The molecule has 0 bridgehead atoms. The Hall–Kier alpha value is -3.47. The third-order valence-electron chi connectivity index (χ3n) is 7.08. The number of anilines is 1. The average molecular weight is 498 g/mol. The SMILES string of the molecule is C=C.C=C/C=C\C(=C/C)C1CCC=C(C2=C3N=C(C4CCCCC4)c4cc[nH]c4N3N=CC2)C=N1.CC. The highest BCUT2D eigenvalue weighted by atomic mass is 15.5. The number of fused-ring (bicyclic) bond motifs is 3. The Balaban J connectivity index is 0.000000907. The van der Waals surface area contributed by atoms with Gasteiger partial charge in [0.2, 0.25) is 0 Å². The number of allylic oxidation sites excluding steroid dienone is 6. The Bertz CT molecular complexity index is 1130. The summed E-state index contributed by atoms with van der Waals surface area (Å²) in [5.74, 6) is 2.54. The van der Waals surface area contributed by atoms with Crippen molar-refractivity contribution in [2.45, 2.75) is 78.2 Å². The zero-order valence-corrected chi connectivity index (χ0v) is 22.9. The number of nitrogens with zero attached hydrogens (tertiary/aromatic N) is 4. The van der Waals surface area contributed by atoms with Crippen LogP contribution in [0.1, 0.15) is 77.7 Å². The first-order valence-electron chi connectivity index (χ1n) is 13.8. The molecular formula is C32H43N5. The summed E-state index contributed by atoms with van der Waals surface area (Å²) < 4.78 is 0. The van der Waals surface area contributed by atoms with Crippen LogP contribution in [0.4, 0.5) is 5.82 Å². The largest absolute Gasteiger partial charge is 0.346 e. The summed E-state index contributed by atoms with van der Waals surface area (Å²) in [5.41, 5.74) is 6.07. The van der Waals surface area contributed by atoms with Crippen molar-refractivity contribution in [1.29, 1.82) is 0 Å². The molecule has 5 heteroatoms. The fourth-order valence-electron chi connectivity index (χ4n) is 5.34. The second kappa shape index (κ2) is 14.3. The molecule has 37 heavy (non-hydrogen) atoms. The van der Waals surface area contributed by atoms with E-state index in [9.17, 15) is 0 Å². The molecule has 1 fully saturated rings. The molecule has 5 rings (SSSR count). The third kappa shape index (κ3) is 6.27. The highest BCUT2D eigenvalue weighted by Gasteiger charge is 2.33. The second-order valence-electron chi connectivity index (χ2n) is 9.10. The highest BCUT2D eigenvalue weighted by molar-refractivity contribution is 6.09. The van der Waals surface area contributed by atoms with Crippen molar-refractivity contribution < 1.29 is 0 Å². The van der Waals surface area contributed by atoms with Crippen LogP contribution in [-0.4, -0.2) is 29.2 Å². The van der Waals surface area contributed by atoms with Crippen molar-refractivity contribution in [2.75, 3.05) is 5.01 Å². The lowest BCUT2D eigenvalue weighted by atomic mass is 9.83. The van der Waals surface area contributed by atoms with Gasteiger partial charge in [-0.2, -0.15) is 10.1 Å². The Morgan fingerprint density at radius 1 is 1.14 bits per heavy atom. The topological polar surface area (TPSA) is 56.1 Å². The van der Waals surface area contributed by atoms with Gasteiger partial charge in [0.15, 0.2) is 5.82 Å². The molecule has 0 aromatic carbocycles. The van der Waals surface area contributed by atoms with Gasteiger partial charge in [0.1, 0.15) is 5.82 Å². The van der Waals surface area contributed by atoms with E-state index in [1.807, 2.05) is 43.4 Å². The fraction of sp³-hybridized carbons (Fsp3) is 0.406. The third-order valence-corrected chi connectivity index (χ3v) is 7.08. The predicted molar refractivity (Wildman–Crippen MR) is 162 cm³/mol. The Morgan fingerprint density at radius 2 is 1.92 bits per heavy atom. The number of aromatic nitrogens is 1. The maximum atomic E-state index is 5.29. The molecule has 0 saturated heterocycles. The van der Waals surface area contributed by atoms with Gasteiger partial charge in [-0.25, -0.2) is 4.99 Å². The number of aliphatic imine (C=N–C) groups is 2. The second-order valence-corrected chi connectivity index (χ2v) is 9.10. The minimum Gasteiger partial charge on any atom is -0.346 e. The lowest BCUT2D eigenvalue weighted by Gasteiger charge is -2.33. The number of hydrogen-bond donors (Lipinski definition) is 1. The molecule has 1 aliphatic carbocycles. The van der Waals surface area contributed by atoms with Crippen LogP contribution in [0.2, 0.25) is 0 Å². The van der Waals surface area contributed by atoms with Crippen molar-refractivity contribution in [3.05, 3.63) is 90.5 Å². The minimum atomic E-state index is 0.168. The van der Waals surface area contributed by atoms with E-state index in [0.717, 1.165) is 30.9 Å². The summed E-state index contributed by atoms with van der Waals surface area (Å²) in [4.78, 5) is 13.7. The summed E-state index contributed by atoms with van der Waals surface area (Å²) in [5, 5.41) is 6.70. The van der Waals surface area contributed by atoms with Gasteiger partial charge in [-0.3, -0.25) is 4.99 Å². The molecule has 1 N–H and O–H groups in total. The fourth-order valence-corrected chi connectivity index (χ4v) is 5.34. The molecule has 1 unspecified atom stereocenters. The van der Waals surface area contributed by atoms with Gasteiger partial charge in [0, 0.05) is 42.1 Å². The zero-order chi connectivity index (χ0) is 26.6. The van der Waals surface area contributed by atoms with E-state index in [4.69, 9.17) is 15.1 Å². The van der Waals surface area contributed by atoms with Gasteiger partial charge in [0.05, 0.1) is 11.8 Å². The van der Waals surface area contributed by atoms with Crippen molar-refractivity contribution in [3.8, 4) is 0 Å². The number of H-pyrrole nitrogens is 1. The van der Waals surface area contributed by atoms with Crippen molar-refractivity contribution in [3.63, 3.8) is 0 Å². The van der Waals surface area contributed by atoms with E-state index in [1.165, 1.54) is 60.1 Å². The Labute approximate surface area is 223 Å². The van der Waals surface area contributed by atoms with Crippen molar-refractivity contribution in [2.24, 2.45) is 21.0 Å². The van der Waals surface area contributed by atoms with Gasteiger partial charge in [-0.05, 0) is 49.8 Å². The molecule has 3 aliphatic heterocycles. The standard InChI is InChI=1S/C28H33N5.C2H6.C2H4/c1-3-5-10-20(4-2)25-14-9-13-22(19-30-25)23-16-18-31-33-27-24(15-17-29-27)26(32-28(23)33)21-11-7-6-8-12-21;2*1-2/h3-5,10,13,15,17-19,21,25,29H,1,6-9,11-12,14,16H2,2H3;1-2H3;1-2H2/b10-5-,20-4+;;. The summed E-state index contributed by atoms with van der Waals surface area (Å²) in [6.07, 6.45) is 25.6. The Morgan fingerprint density at radius 3 is 2.65 bits per heavy atom. The zero-order valence-electron chi connectivity index (χ0n) is 22.9. The van der Waals surface area contributed by atoms with Crippen LogP contribution >= 0.6 is 0 Å². The first-order valence-corrected chi connectivity index (χ1v) is 13.8. The van der Waals surface area contributed by atoms with E-state index < -0.39 is 0 Å². The quantitative estimate of drug-likeness (QED) is 0.322. The molecule has 0 spiro atoms. The van der Waals surface area contributed by atoms with Crippen LogP contribution in [-0.2, 0) is 0 Å². The predicted octanol–water partition coefficient (Wildman–Crippen LogP) is 8.48. The molecular weight excluding hydrogens is 454 g/mol. The number of aromatic amines is 1. The molecule has 0 radical (unpaired) electrons. The molecule has 5 nitrogen and oxygen atoms in total. The molecule has 1 aromatic heterocycles. The molecule has 196 valence electrons. The van der Waals surface area contributed by atoms with E-state index >= 15 is 0 Å². The van der Waals surface area contributed by atoms with Crippen LogP contribution in [0.15, 0.2) is 100 Å².